The van der Waals surface area contributed by atoms with Crippen LogP contribution in [0.5, 0.6) is 5.75 Å². The summed E-state index contributed by atoms with van der Waals surface area (Å²) < 4.78 is 11.2. The molecule has 0 atom stereocenters. The van der Waals surface area contributed by atoms with Gasteiger partial charge in [-0.25, -0.2) is 4.98 Å². The van der Waals surface area contributed by atoms with Crippen LogP contribution in [0.4, 0.5) is 17.5 Å². The number of anilines is 3. The lowest BCUT2D eigenvalue weighted by atomic mass is 10.2. The van der Waals surface area contributed by atoms with Crippen LogP contribution in [0, 0.1) is 0 Å². The third kappa shape index (κ3) is 4.74. The predicted octanol–water partition coefficient (Wildman–Crippen LogP) is 3.64. The molecular formula is C21H22N4O2. The predicted molar refractivity (Wildman–Crippen MR) is 106 cm³/mol. The summed E-state index contributed by atoms with van der Waals surface area (Å²) in [6, 6.07) is 19.9. The average molecular weight is 362 g/mol. The molecule has 0 saturated carbocycles. The van der Waals surface area contributed by atoms with Crippen molar-refractivity contribution < 1.29 is 9.47 Å². The lowest BCUT2D eigenvalue weighted by Gasteiger charge is -2.27. The van der Waals surface area contributed by atoms with Gasteiger partial charge >= 0.3 is 0 Å². The Kier molecular flexibility index (Phi) is 5.45. The van der Waals surface area contributed by atoms with Gasteiger partial charge in [-0.2, -0.15) is 4.98 Å². The molecule has 0 bridgehead atoms. The van der Waals surface area contributed by atoms with E-state index in [1.807, 2.05) is 48.5 Å². The number of hydrogen-bond acceptors (Lipinski definition) is 6. The van der Waals surface area contributed by atoms with Crippen molar-refractivity contribution in [2.75, 3.05) is 36.5 Å². The van der Waals surface area contributed by atoms with Gasteiger partial charge in [0, 0.05) is 25.0 Å². The second-order valence-electron chi connectivity index (χ2n) is 6.26. The van der Waals surface area contributed by atoms with E-state index in [2.05, 4.69) is 32.3 Å². The fourth-order valence-corrected chi connectivity index (χ4v) is 2.88. The van der Waals surface area contributed by atoms with E-state index in [1.165, 1.54) is 0 Å². The summed E-state index contributed by atoms with van der Waals surface area (Å²) >= 11 is 0. The maximum absolute atomic E-state index is 5.82. The molecule has 1 aliphatic rings. The van der Waals surface area contributed by atoms with Crippen molar-refractivity contribution in [2.24, 2.45) is 0 Å². The largest absolute Gasteiger partial charge is 0.489 e. The molecule has 1 fully saturated rings. The zero-order valence-electron chi connectivity index (χ0n) is 15.0. The summed E-state index contributed by atoms with van der Waals surface area (Å²) in [5, 5.41) is 3.25. The van der Waals surface area contributed by atoms with E-state index in [4.69, 9.17) is 9.47 Å². The minimum atomic E-state index is 0.554. The van der Waals surface area contributed by atoms with Crippen molar-refractivity contribution in [2.45, 2.75) is 6.61 Å². The summed E-state index contributed by atoms with van der Waals surface area (Å²) in [6.45, 7) is 3.72. The third-order valence-corrected chi connectivity index (χ3v) is 4.33. The quantitative estimate of drug-likeness (QED) is 0.722. The van der Waals surface area contributed by atoms with Crippen molar-refractivity contribution in [3.63, 3.8) is 0 Å². The van der Waals surface area contributed by atoms with Crippen LogP contribution in [0.3, 0.4) is 0 Å². The molecule has 4 rings (SSSR count). The van der Waals surface area contributed by atoms with E-state index in [-0.39, 0.29) is 0 Å². The summed E-state index contributed by atoms with van der Waals surface area (Å²) in [7, 11) is 0. The van der Waals surface area contributed by atoms with Crippen LogP contribution in [-0.4, -0.2) is 36.3 Å². The first-order valence-electron chi connectivity index (χ1n) is 9.06. The molecule has 1 aromatic heterocycles. The molecule has 2 heterocycles. The number of aromatic nitrogens is 2. The van der Waals surface area contributed by atoms with Gasteiger partial charge in [0.05, 0.1) is 13.2 Å². The molecule has 1 aliphatic heterocycles. The Morgan fingerprint density at radius 2 is 1.74 bits per heavy atom. The zero-order valence-corrected chi connectivity index (χ0v) is 15.0. The molecule has 0 radical (unpaired) electrons. The van der Waals surface area contributed by atoms with Gasteiger partial charge in [0.1, 0.15) is 18.2 Å². The fraction of sp³-hybridized carbons (Fsp3) is 0.238. The van der Waals surface area contributed by atoms with Gasteiger partial charge in [0.15, 0.2) is 0 Å². The second kappa shape index (κ2) is 8.51. The van der Waals surface area contributed by atoms with Gasteiger partial charge in [-0.3, -0.25) is 0 Å². The van der Waals surface area contributed by atoms with E-state index < -0.39 is 0 Å². The summed E-state index contributed by atoms with van der Waals surface area (Å²) in [5.74, 6) is 2.32. The highest BCUT2D eigenvalue weighted by Gasteiger charge is 2.13. The van der Waals surface area contributed by atoms with Crippen molar-refractivity contribution >= 4 is 17.5 Å². The molecule has 1 N–H and O–H groups in total. The van der Waals surface area contributed by atoms with Crippen LogP contribution in [0.2, 0.25) is 0 Å². The first-order chi connectivity index (χ1) is 13.4. The molecule has 138 valence electrons. The summed E-state index contributed by atoms with van der Waals surface area (Å²) in [5.41, 5.74) is 2.06. The lowest BCUT2D eigenvalue weighted by molar-refractivity contribution is 0.122. The van der Waals surface area contributed by atoms with E-state index in [9.17, 15) is 0 Å². The first kappa shape index (κ1) is 17.3. The Morgan fingerprint density at radius 3 is 2.52 bits per heavy atom. The molecule has 0 amide bonds. The number of morpholine rings is 1. The Bertz CT molecular complexity index is 850. The highest BCUT2D eigenvalue weighted by molar-refractivity contribution is 5.56. The molecule has 0 aliphatic carbocycles. The molecule has 6 nitrogen and oxygen atoms in total. The maximum atomic E-state index is 5.82. The number of nitrogens with one attached hydrogen (secondary N) is 1. The molecule has 3 aromatic rings. The summed E-state index contributed by atoms with van der Waals surface area (Å²) in [4.78, 5) is 11.1. The maximum Gasteiger partial charge on any atom is 0.229 e. The highest BCUT2D eigenvalue weighted by atomic mass is 16.5. The molecule has 0 unspecified atom stereocenters. The third-order valence-electron chi connectivity index (χ3n) is 4.33. The van der Waals surface area contributed by atoms with Crippen molar-refractivity contribution in [3.05, 3.63) is 72.4 Å². The molecule has 6 heteroatoms. The Hall–Kier alpha value is -3.12. The molecule has 0 spiro atoms. The molecule has 1 saturated heterocycles. The highest BCUT2D eigenvalue weighted by Crippen LogP contribution is 2.20. The van der Waals surface area contributed by atoms with Gasteiger partial charge in [0.2, 0.25) is 5.95 Å². The Morgan fingerprint density at radius 1 is 0.963 bits per heavy atom. The second-order valence-corrected chi connectivity index (χ2v) is 6.26. The van der Waals surface area contributed by atoms with Crippen LogP contribution in [0.25, 0.3) is 0 Å². The standard InChI is InChI=1S/C21H22N4O2/c1-2-4-17(5-3-1)16-27-19-8-6-18(7-9-19)23-21-22-11-10-20(24-21)25-12-14-26-15-13-25/h1-11H,12-16H2,(H,22,23,24). The number of ether oxygens (including phenoxy) is 2. The minimum Gasteiger partial charge on any atom is -0.489 e. The van der Waals surface area contributed by atoms with Crippen LogP contribution < -0.4 is 15.0 Å². The van der Waals surface area contributed by atoms with Crippen molar-refractivity contribution in [1.82, 2.24) is 9.97 Å². The first-order valence-corrected chi connectivity index (χ1v) is 9.06. The zero-order chi connectivity index (χ0) is 18.3. The monoisotopic (exact) mass is 362 g/mol. The van der Waals surface area contributed by atoms with Crippen LogP contribution in [-0.2, 0) is 11.3 Å². The Balaban J connectivity index is 1.37. The smallest absolute Gasteiger partial charge is 0.229 e. The van der Waals surface area contributed by atoms with E-state index in [0.717, 1.165) is 49.1 Å². The fourth-order valence-electron chi connectivity index (χ4n) is 2.88. The SMILES string of the molecule is c1ccc(COc2ccc(Nc3nccc(N4CCOCC4)n3)cc2)cc1. The minimum absolute atomic E-state index is 0.554. The average Bonchev–Trinajstić information content (AvgIpc) is 2.75. The van der Waals surface area contributed by atoms with Gasteiger partial charge in [-0.15, -0.1) is 0 Å². The van der Waals surface area contributed by atoms with Crippen molar-refractivity contribution in [1.29, 1.82) is 0 Å². The number of hydrogen-bond donors (Lipinski definition) is 1. The van der Waals surface area contributed by atoms with Crippen LogP contribution in [0.1, 0.15) is 5.56 Å². The molecule has 2 aromatic carbocycles. The topological polar surface area (TPSA) is 59.5 Å². The number of rotatable bonds is 6. The summed E-state index contributed by atoms with van der Waals surface area (Å²) in [6.07, 6.45) is 1.78. The molecular weight excluding hydrogens is 340 g/mol. The van der Waals surface area contributed by atoms with E-state index in [1.54, 1.807) is 6.20 Å². The molecule has 27 heavy (non-hydrogen) atoms. The van der Waals surface area contributed by atoms with Crippen LogP contribution in [0.15, 0.2) is 66.9 Å². The van der Waals surface area contributed by atoms with Gasteiger partial charge in [-0.05, 0) is 35.9 Å². The van der Waals surface area contributed by atoms with Crippen LogP contribution >= 0.6 is 0 Å². The van der Waals surface area contributed by atoms with Gasteiger partial charge in [0.25, 0.3) is 0 Å². The number of nitrogens with zero attached hydrogens (tertiary/aromatic N) is 3. The van der Waals surface area contributed by atoms with E-state index >= 15 is 0 Å². The lowest BCUT2D eigenvalue weighted by Crippen LogP contribution is -2.36. The normalized spacial score (nSPS) is 14.0. The Labute approximate surface area is 158 Å². The van der Waals surface area contributed by atoms with Crippen molar-refractivity contribution in [3.8, 4) is 5.75 Å². The van der Waals surface area contributed by atoms with Gasteiger partial charge < -0.3 is 19.7 Å². The van der Waals surface area contributed by atoms with Gasteiger partial charge in [-0.1, -0.05) is 30.3 Å². The van der Waals surface area contributed by atoms with E-state index in [0.29, 0.717) is 12.6 Å². The number of benzene rings is 2.